The van der Waals surface area contributed by atoms with Crippen LogP contribution in [0, 0.1) is 0 Å². The van der Waals surface area contributed by atoms with Crippen molar-refractivity contribution in [3.05, 3.63) is 18.7 Å². The lowest BCUT2D eigenvalue weighted by Crippen LogP contribution is -2.31. The summed E-state index contributed by atoms with van der Waals surface area (Å²) < 4.78 is 1.88. The molecule has 1 heterocycles. The van der Waals surface area contributed by atoms with Gasteiger partial charge < -0.3 is 15.0 Å². The Kier molecular flexibility index (Phi) is 5.19. The van der Waals surface area contributed by atoms with Gasteiger partial charge in [-0.2, -0.15) is 0 Å². The lowest BCUT2D eigenvalue weighted by molar-refractivity contribution is -0.138. The van der Waals surface area contributed by atoms with E-state index in [-0.39, 0.29) is 24.9 Å². The molecule has 2 N–H and O–H groups in total. The van der Waals surface area contributed by atoms with E-state index in [1.54, 1.807) is 12.5 Å². The van der Waals surface area contributed by atoms with Crippen molar-refractivity contribution in [3.8, 4) is 0 Å². The number of aromatic nitrogens is 2. The maximum absolute atomic E-state index is 11.5. The van der Waals surface area contributed by atoms with Gasteiger partial charge in [-0.1, -0.05) is 13.3 Å². The summed E-state index contributed by atoms with van der Waals surface area (Å²) in [7, 11) is 0. The van der Waals surface area contributed by atoms with E-state index in [9.17, 15) is 9.59 Å². The molecule has 0 radical (unpaired) electrons. The number of nitrogens with one attached hydrogen (secondary N) is 1. The molecular weight excluding hydrogens is 222 g/mol. The smallest absolute Gasteiger partial charge is 0.322 e. The van der Waals surface area contributed by atoms with Crippen LogP contribution in [0.25, 0.3) is 0 Å². The zero-order chi connectivity index (χ0) is 12.7. The third-order valence-electron chi connectivity index (χ3n) is 2.43. The van der Waals surface area contributed by atoms with Crippen LogP contribution in [0.2, 0.25) is 0 Å². The van der Waals surface area contributed by atoms with Crippen LogP contribution in [-0.4, -0.2) is 33.1 Å². The molecule has 0 spiro atoms. The molecule has 94 valence electrons. The average molecular weight is 239 g/mol. The molecule has 0 aliphatic rings. The molecule has 17 heavy (non-hydrogen) atoms. The van der Waals surface area contributed by atoms with Gasteiger partial charge in [0.05, 0.1) is 6.33 Å². The van der Waals surface area contributed by atoms with Crippen LogP contribution in [0.3, 0.4) is 0 Å². The summed E-state index contributed by atoms with van der Waals surface area (Å²) >= 11 is 0. The van der Waals surface area contributed by atoms with Crippen LogP contribution in [0.4, 0.5) is 0 Å². The molecule has 1 atom stereocenters. The number of nitrogens with zero attached hydrogens (tertiary/aromatic N) is 2. The Morgan fingerprint density at radius 1 is 1.53 bits per heavy atom. The number of carbonyl (C=O) groups is 2. The fourth-order valence-corrected chi connectivity index (χ4v) is 1.64. The SMILES string of the molecule is CCCC(CC(=O)NCC(=O)O)n1ccnc1. The minimum atomic E-state index is -1.03. The van der Waals surface area contributed by atoms with Crippen molar-refractivity contribution >= 4 is 11.9 Å². The third-order valence-corrected chi connectivity index (χ3v) is 2.43. The van der Waals surface area contributed by atoms with Gasteiger partial charge in [0.2, 0.25) is 5.91 Å². The van der Waals surface area contributed by atoms with Gasteiger partial charge in [-0.3, -0.25) is 9.59 Å². The summed E-state index contributed by atoms with van der Waals surface area (Å²) in [5.41, 5.74) is 0. The van der Waals surface area contributed by atoms with Crippen LogP contribution in [-0.2, 0) is 9.59 Å². The van der Waals surface area contributed by atoms with Crippen molar-refractivity contribution in [2.24, 2.45) is 0 Å². The molecule has 0 fully saturated rings. The minimum Gasteiger partial charge on any atom is -0.480 e. The molecule has 1 unspecified atom stereocenters. The zero-order valence-electron chi connectivity index (χ0n) is 9.80. The first-order valence-corrected chi connectivity index (χ1v) is 5.59. The molecule has 0 saturated carbocycles. The van der Waals surface area contributed by atoms with Crippen LogP contribution in [0.5, 0.6) is 0 Å². The second-order valence-electron chi connectivity index (χ2n) is 3.83. The molecule has 6 heteroatoms. The van der Waals surface area contributed by atoms with E-state index in [0.29, 0.717) is 0 Å². The van der Waals surface area contributed by atoms with Gasteiger partial charge in [-0.25, -0.2) is 4.98 Å². The topological polar surface area (TPSA) is 84.2 Å². The first-order valence-electron chi connectivity index (χ1n) is 5.59. The number of imidazole rings is 1. The van der Waals surface area contributed by atoms with E-state index >= 15 is 0 Å². The van der Waals surface area contributed by atoms with Gasteiger partial charge in [0, 0.05) is 24.9 Å². The normalized spacial score (nSPS) is 12.1. The maximum atomic E-state index is 11.5. The number of hydrogen-bond acceptors (Lipinski definition) is 3. The molecule has 1 aromatic rings. The molecule has 0 bridgehead atoms. The fourth-order valence-electron chi connectivity index (χ4n) is 1.64. The second-order valence-corrected chi connectivity index (χ2v) is 3.83. The highest BCUT2D eigenvalue weighted by Gasteiger charge is 2.14. The van der Waals surface area contributed by atoms with Crippen molar-refractivity contribution in [2.45, 2.75) is 32.2 Å². The highest BCUT2D eigenvalue weighted by atomic mass is 16.4. The monoisotopic (exact) mass is 239 g/mol. The summed E-state index contributed by atoms with van der Waals surface area (Å²) in [5, 5.41) is 10.8. The van der Waals surface area contributed by atoms with E-state index in [1.807, 2.05) is 17.7 Å². The predicted molar refractivity (Wildman–Crippen MR) is 61.4 cm³/mol. The molecule has 0 aliphatic heterocycles. The van der Waals surface area contributed by atoms with Gasteiger partial charge in [0.15, 0.2) is 0 Å². The minimum absolute atomic E-state index is 0.0382. The second kappa shape index (κ2) is 6.67. The largest absolute Gasteiger partial charge is 0.480 e. The molecule has 1 amide bonds. The first-order chi connectivity index (χ1) is 8.13. The standard InChI is InChI=1S/C11H17N3O3/c1-2-3-9(14-5-4-12-8-14)6-10(15)13-7-11(16)17/h4-5,8-9H,2-3,6-7H2,1H3,(H,13,15)(H,16,17). The fraction of sp³-hybridized carbons (Fsp3) is 0.545. The predicted octanol–water partition coefficient (Wildman–Crippen LogP) is 0.815. The Bertz CT molecular complexity index is 362. The summed E-state index contributed by atoms with van der Waals surface area (Å²) in [4.78, 5) is 25.8. The lowest BCUT2D eigenvalue weighted by Gasteiger charge is -2.16. The van der Waals surface area contributed by atoms with Gasteiger partial charge in [0.25, 0.3) is 0 Å². The molecule has 0 saturated heterocycles. The summed E-state index contributed by atoms with van der Waals surface area (Å²) in [6.07, 6.45) is 7.23. The van der Waals surface area contributed by atoms with Crippen LogP contribution >= 0.6 is 0 Å². The van der Waals surface area contributed by atoms with Crippen LogP contribution in [0.1, 0.15) is 32.2 Å². The number of amides is 1. The van der Waals surface area contributed by atoms with E-state index in [0.717, 1.165) is 12.8 Å². The molecule has 1 rings (SSSR count). The van der Waals surface area contributed by atoms with E-state index in [4.69, 9.17) is 5.11 Å². The quantitative estimate of drug-likeness (QED) is 0.737. The summed E-state index contributed by atoms with van der Waals surface area (Å²) in [6.45, 7) is 1.71. The van der Waals surface area contributed by atoms with Gasteiger partial charge in [-0.15, -0.1) is 0 Å². The van der Waals surface area contributed by atoms with Crippen molar-refractivity contribution in [1.82, 2.24) is 14.9 Å². The van der Waals surface area contributed by atoms with Gasteiger partial charge in [0.1, 0.15) is 6.54 Å². The number of rotatable bonds is 7. The summed E-state index contributed by atoms with van der Waals surface area (Å²) in [6, 6.07) is 0.0382. The highest BCUT2D eigenvalue weighted by molar-refractivity contribution is 5.81. The molecular formula is C11H17N3O3. The lowest BCUT2D eigenvalue weighted by atomic mass is 10.1. The number of hydrogen-bond donors (Lipinski definition) is 2. The van der Waals surface area contributed by atoms with Crippen molar-refractivity contribution in [2.75, 3.05) is 6.54 Å². The molecule has 0 aromatic carbocycles. The average Bonchev–Trinajstić information content (AvgIpc) is 2.79. The number of carbonyl (C=O) groups excluding carboxylic acids is 1. The van der Waals surface area contributed by atoms with Gasteiger partial charge in [-0.05, 0) is 6.42 Å². The summed E-state index contributed by atoms with van der Waals surface area (Å²) in [5.74, 6) is -1.28. The van der Waals surface area contributed by atoms with Crippen molar-refractivity contribution < 1.29 is 14.7 Å². The molecule has 6 nitrogen and oxygen atoms in total. The Labute approximate surface area is 99.7 Å². The third kappa shape index (κ3) is 4.67. The maximum Gasteiger partial charge on any atom is 0.322 e. The number of carboxylic acids is 1. The van der Waals surface area contributed by atoms with Gasteiger partial charge >= 0.3 is 5.97 Å². The first kappa shape index (κ1) is 13.2. The van der Waals surface area contributed by atoms with Crippen molar-refractivity contribution in [3.63, 3.8) is 0 Å². The van der Waals surface area contributed by atoms with E-state index in [1.165, 1.54) is 0 Å². The zero-order valence-corrected chi connectivity index (χ0v) is 9.80. The Morgan fingerprint density at radius 3 is 2.82 bits per heavy atom. The Morgan fingerprint density at radius 2 is 2.29 bits per heavy atom. The van der Waals surface area contributed by atoms with E-state index in [2.05, 4.69) is 10.3 Å². The Balaban J connectivity index is 2.49. The van der Waals surface area contributed by atoms with Crippen molar-refractivity contribution in [1.29, 1.82) is 0 Å². The van der Waals surface area contributed by atoms with E-state index < -0.39 is 5.97 Å². The highest BCUT2D eigenvalue weighted by Crippen LogP contribution is 2.17. The number of carboxylic acid groups (broad SMARTS) is 1. The molecule has 0 aliphatic carbocycles. The Hall–Kier alpha value is -1.85. The molecule has 1 aromatic heterocycles. The van der Waals surface area contributed by atoms with Crippen LogP contribution in [0.15, 0.2) is 18.7 Å². The van der Waals surface area contributed by atoms with Crippen LogP contribution < -0.4 is 5.32 Å². The number of aliphatic carboxylic acids is 1.